The predicted molar refractivity (Wildman–Crippen MR) is 98.3 cm³/mol. The minimum Gasteiger partial charge on any atom is -0.342 e. The SMILES string of the molecule is CC(C)CN1CC(C(=O)N2CCC(C)Sc3ccccc32)CC1=O. The Bertz CT molecular complexity index is 632. The van der Waals surface area contributed by atoms with Crippen LogP contribution in [0.25, 0.3) is 0 Å². The van der Waals surface area contributed by atoms with Crippen LogP contribution in [0.3, 0.4) is 0 Å². The van der Waals surface area contributed by atoms with Crippen LogP contribution in [0.15, 0.2) is 29.2 Å². The van der Waals surface area contributed by atoms with Gasteiger partial charge >= 0.3 is 0 Å². The Kier molecular flexibility index (Phi) is 5.18. The second kappa shape index (κ2) is 7.18. The number of amides is 2. The molecule has 0 spiro atoms. The highest BCUT2D eigenvalue weighted by molar-refractivity contribution is 8.00. The summed E-state index contributed by atoms with van der Waals surface area (Å²) in [5.41, 5.74) is 1.01. The lowest BCUT2D eigenvalue weighted by Gasteiger charge is -2.25. The Labute approximate surface area is 148 Å². The van der Waals surface area contributed by atoms with Crippen LogP contribution in [0.2, 0.25) is 0 Å². The molecular weight excluding hydrogens is 320 g/mol. The Morgan fingerprint density at radius 1 is 1.33 bits per heavy atom. The number of benzene rings is 1. The normalized spacial score (nSPS) is 24.2. The summed E-state index contributed by atoms with van der Waals surface area (Å²) in [4.78, 5) is 30.3. The van der Waals surface area contributed by atoms with Gasteiger partial charge in [0.25, 0.3) is 0 Å². The molecule has 1 aromatic rings. The van der Waals surface area contributed by atoms with Gasteiger partial charge in [-0.05, 0) is 24.5 Å². The summed E-state index contributed by atoms with van der Waals surface area (Å²) >= 11 is 1.83. The Morgan fingerprint density at radius 3 is 2.83 bits per heavy atom. The van der Waals surface area contributed by atoms with E-state index in [1.807, 2.05) is 39.8 Å². The molecule has 0 saturated carbocycles. The van der Waals surface area contributed by atoms with E-state index in [1.54, 1.807) is 0 Å². The van der Waals surface area contributed by atoms with Crippen molar-refractivity contribution in [2.45, 2.75) is 43.8 Å². The first-order valence-corrected chi connectivity index (χ1v) is 9.68. The van der Waals surface area contributed by atoms with E-state index in [2.05, 4.69) is 26.8 Å². The minimum absolute atomic E-state index is 0.108. The smallest absolute Gasteiger partial charge is 0.232 e. The van der Waals surface area contributed by atoms with Crippen molar-refractivity contribution in [3.63, 3.8) is 0 Å². The van der Waals surface area contributed by atoms with Gasteiger partial charge in [0, 0.05) is 36.2 Å². The van der Waals surface area contributed by atoms with Crippen LogP contribution in [0.1, 0.15) is 33.6 Å². The summed E-state index contributed by atoms with van der Waals surface area (Å²) in [7, 11) is 0. The molecule has 2 heterocycles. The fraction of sp³-hybridized carbons (Fsp3) is 0.579. The number of para-hydroxylation sites is 1. The molecule has 24 heavy (non-hydrogen) atoms. The van der Waals surface area contributed by atoms with Gasteiger partial charge in [0.1, 0.15) is 0 Å². The fourth-order valence-electron chi connectivity index (χ4n) is 3.49. The molecule has 0 aromatic heterocycles. The first-order chi connectivity index (χ1) is 11.5. The van der Waals surface area contributed by atoms with Gasteiger partial charge < -0.3 is 9.80 Å². The number of rotatable bonds is 3. The van der Waals surface area contributed by atoms with E-state index in [0.29, 0.717) is 24.1 Å². The van der Waals surface area contributed by atoms with Gasteiger partial charge in [-0.15, -0.1) is 11.8 Å². The van der Waals surface area contributed by atoms with Gasteiger partial charge in [-0.25, -0.2) is 0 Å². The molecule has 2 amide bonds. The van der Waals surface area contributed by atoms with Crippen LogP contribution < -0.4 is 4.90 Å². The summed E-state index contributed by atoms with van der Waals surface area (Å²) in [6.45, 7) is 8.46. The highest BCUT2D eigenvalue weighted by Crippen LogP contribution is 2.38. The molecule has 2 aliphatic rings. The van der Waals surface area contributed by atoms with Crippen molar-refractivity contribution in [1.29, 1.82) is 0 Å². The number of anilines is 1. The predicted octanol–water partition coefficient (Wildman–Crippen LogP) is 3.41. The lowest BCUT2D eigenvalue weighted by atomic mass is 10.1. The van der Waals surface area contributed by atoms with Crippen molar-refractivity contribution in [1.82, 2.24) is 4.90 Å². The first kappa shape index (κ1) is 17.3. The Morgan fingerprint density at radius 2 is 2.08 bits per heavy atom. The third kappa shape index (κ3) is 3.61. The number of thioether (sulfide) groups is 1. The Balaban J connectivity index is 1.79. The molecule has 0 bridgehead atoms. The van der Waals surface area contributed by atoms with Crippen molar-refractivity contribution < 1.29 is 9.59 Å². The average molecular weight is 346 g/mol. The summed E-state index contributed by atoms with van der Waals surface area (Å²) in [6, 6.07) is 8.13. The van der Waals surface area contributed by atoms with E-state index < -0.39 is 0 Å². The van der Waals surface area contributed by atoms with E-state index in [-0.39, 0.29) is 17.7 Å². The third-order valence-electron chi connectivity index (χ3n) is 4.66. The number of nitrogens with zero attached hydrogens (tertiary/aromatic N) is 2. The molecular formula is C19H26N2O2S. The number of hydrogen-bond donors (Lipinski definition) is 0. The van der Waals surface area contributed by atoms with Crippen LogP contribution >= 0.6 is 11.8 Å². The lowest BCUT2D eigenvalue weighted by Crippen LogP contribution is -2.38. The molecule has 0 aliphatic carbocycles. The number of fused-ring (bicyclic) bond motifs is 1. The molecule has 0 radical (unpaired) electrons. The molecule has 1 fully saturated rings. The number of carbonyl (C=O) groups is 2. The average Bonchev–Trinajstić information content (AvgIpc) is 2.79. The standard InChI is InChI=1S/C19H26N2O2S/c1-13(2)11-20-12-15(10-18(20)22)19(23)21-9-8-14(3)24-17-7-5-4-6-16(17)21/h4-7,13-15H,8-12H2,1-3H3. The second-order valence-corrected chi connectivity index (χ2v) is 8.75. The van der Waals surface area contributed by atoms with Crippen molar-refractivity contribution in [2.75, 3.05) is 24.5 Å². The largest absolute Gasteiger partial charge is 0.342 e. The van der Waals surface area contributed by atoms with E-state index in [9.17, 15) is 9.59 Å². The fourth-order valence-corrected chi connectivity index (χ4v) is 4.60. The van der Waals surface area contributed by atoms with Crippen LogP contribution in [-0.4, -0.2) is 41.6 Å². The molecule has 1 saturated heterocycles. The van der Waals surface area contributed by atoms with E-state index in [1.165, 1.54) is 4.90 Å². The van der Waals surface area contributed by atoms with E-state index in [4.69, 9.17) is 0 Å². The monoisotopic (exact) mass is 346 g/mol. The molecule has 2 aliphatic heterocycles. The zero-order valence-corrected chi connectivity index (χ0v) is 15.5. The lowest BCUT2D eigenvalue weighted by molar-refractivity contribution is -0.128. The maximum Gasteiger partial charge on any atom is 0.232 e. The van der Waals surface area contributed by atoms with Gasteiger partial charge in [0.2, 0.25) is 11.8 Å². The molecule has 3 rings (SSSR count). The molecule has 2 unspecified atom stereocenters. The van der Waals surface area contributed by atoms with Gasteiger partial charge in [0.15, 0.2) is 0 Å². The minimum atomic E-state index is -0.206. The van der Waals surface area contributed by atoms with Gasteiger partial charge in [-0.3, -0.25) is 9.59 Å². The van der Waals surface area contributed by atoms with E-state index >= 15 is 0 Å². The van der Waals surface area contributed by atoms with Crippen molar-refractivity contribution >= 4 is 29.3 Å². The number of hydrogen-bond acceptors (Lipinski definition) is 3. The van der Waals surface area contributed by atoms with Crippen LogP contribution in [0.4, 0.5) is 5.69 Å². The molecule has 2 atom stereocenters. The second-order valence-electron chi connectivity index (χ2n) is 7.27. The molecule has 4 nitrogen and oxygen atoms in total. The van der Waals surface area contributed by atoms with Crippen LogP contribution in [0, 0.1) is 11.8 Å². The van der Waals surface area contributed by atoms with Gasteiger partial charge in [0.05, 0.1) is 11.6 Å². The zero-order valence-electron chi connectivity index (χ0n) is 14.7. The summed E-state index contributed by atoms with van der Waals surface area (Å²) in [6.07, 6.45) is 1.33. The topological polar surface area (TPSA) is 40.6 Å². The van der Waals surface area contributed by atoms with Gasteiger partial charge in [-0.1, -0.05) is 32.9 Å². The maximum absolute atomic E-state index is 13.1. The molecule has 0 N–H and O–H groups in total. The summed E-state index contributed by atoms with van der Waals surface area (Å²) in [5, 5.41) is 0.492. The van der Waals surface area contributed by atoms with Crippen molar-refractivity contribution in [3.05, 3.63) is 24.3 Å². The molecule has 1 aromatic carbocycles. The van der Waals surface area contributed by atoms with Crippen LogP contribution in [-0.2, 0) is 9.59 Å². The quantitative estimate of drug-likeness (QED) is 0.842. The van der Waals surface area contributed by atoms with E-state index in [0.717, 1.165) is 25.2 Å². The van der Waals surface area contributed by atoms with Crippen molar-refractivity contribution in [2.24, 2.45) is 11.8 Å². The van der Waals surface area contributed by atoms with Crippen molar-refractivity contribution in [3.8, 4) is 0 Å². The highest BCUT2D eigenvalue weighted by atomic mass is 32.2. The first-order valence-electron chi connectivity index (χ1n) is 8.80. The number of carbonyl (C=O) groups excluding carboxylic acids is 2. The summed E-state index contributed by atoms with van der Waals surface area (Å²) in [5.74, 6) is 0.450. The van der Waals surface area contributed by atoms with Crippen LogP contribution in [0.5, 0.6) is 0 Å². The molecule has 130 valence electrons. The summed E-state index contributed by atoms with van der Waals surface area (Å²) < 4.78 is 0. The maximum atomic E-state index is 13.1. The number of likely N-dealkylation sites (tertiary alicyclic amines) is 1. The zero-order chi connectivity index (χ0) is 17.3. The third-order valence-corrected chi connectivity index (χ3v) is 5.90. The molecule has 5 heteroatoms. The Hall–Kier alpha value is -1.49. The van der Waals surface area contributed by atoms with Gasteiger partial charge in [-0.2, -0.15) is 0 Å². The highest BCUT2D eigenvalue weighted by Gasteiger charge is 2.38.